The van der Waals surface area contributed by atoms with Crippen molar-refractivity contribution in [1.82, 2.24) is 0 Å². The Labute approximate surface area is 121 Å². The minimum absolute atomic E-state index is 0.0416. The van der Waals surface area contributed by atoms with Crippen LogP contribution in [0.25, 0.3) is 0 Å². The lowest BCUT2D eigenvalue weighted by molar-refractivity contribution is 0.187. The predicted molar refractivity (Wildman–Crippen MR) is 84.0 cm³/mol. The molecule has 0 bridgehead atoms. The van der Waals surface area contributed by atoms with Crippen LogP contribution >= 0.6 is 0 Å². The summed E-state index contributed by atoms with van der Waals surface area (Å²) < 4.78 is 5.85. The van der Waals surface area contributed by atoms with Crippen molar-refractivity contribution in [2.75, 3.05) is 0 Å². The molecule has 2 heteroatoms. The number of hydrogen-bond donors (Lipinski definition) is 1. The molecule has 2 atom stereocenters. The van der Waals surface area contributed by atoms with E-state index in [0.717, 1.165) is 18.6 Å². The Balaban J connectivity index is 1.96. The van der Waals surface area contributed by atoms with Gasteiger partial charge in [-0.05, 0) is 43.0 Å². The maximum absolute atomic E-state index is 5.97. The van der Waals surface area contributed by atoms with Crippen molar-refractivity contribution in [1.29, 1.82) is 0 Å². The molecular weight excluding hydrogens is 246 g/mol. The Morgan fingerprint density at radius 1 is 0.950 bits per heavy atom. The smallest absolute Gasteiger partial charge is 0.119 e. The molecule has 2 rings (SSSR count). The van der Waals surface area contributed by atoms with Crippen molar-refractivity contribution in [3.8, 4) is 5.75 Å². The molecule has 0 aliphatic heterocycles. The number of hydrogen-bond acceptors (Lipinski definition) is 2. The summed E-state index contributed by atoms with van der Waals surface area (Å²) in [5, 5.41) is 0. The Morgan fingerprint density at radius 3 is 2.15 bits per heavy atom. The van der Waals surface area contributed by atoms with Crippen LogP contribution in [0.3, 0.4) is 0 Å². The van der Waals surface area contributed by atoms with E-state index >= 15 is 0 Å². The van der Waals surface area contributed by atoms with Gasteiger partial charge in [0.2, 0.25) is 0 Å². The van der Waals surface area contributed by atoms with Crippen LogP contribution < -0.4 is 10.5 Å². The van der Waals surface area contributed by atoms with E-state index in [4.69, 9.17) is 10.5 Å². The summed E-state index contributed by atoms with van der Waals surface area (Å²) in [6.07, 6.45) is 1.92. The van der Waals surface area contributed by atoms with E-state index in [1.54, 1.807) is 0 Å². The van der Waals surface area contributed by atoms with E-state index in [-0.39, 0.29) is 12.1 Å². The third-order valence-electron chi connectivity index (χ3n) is 3.57. The molecule has 0 saturated heterocycles. The summed E-state index contributed by atoms with van der Waals surface area (Å²) in [5.74, 6) is 0.887. The second-order valence-corrected chi connectivity index (χ2v) is 5.20. The molecule has 0 spiro atoms. The zero-order chi connectivity index (χ0) is 14.4. The first-order valence-corrected chi connectivity index (χ1v) is 7.24. The van der Waals surface area contributed by atoms with Crippen molar-refractivity contribution in [2.45, 2.75) is 38.8 Å². The van der Waals surface area contributed by atoms with E-state index in [1.807, 2.05) is 25.1 Å². The Bertz CT molecular complexity index is 507. The zero-order valence-corrected chi connectivity index (χ0v) is 12.3. The Morgan fingerprint density at radius 2 is 1.55 bits per heavy atom. The molecule has 0 fully saturated rings. The number of benzene rings is 2. The van der Waals surface area contributed by atoms with Gasteiger partial charge in [-0.1, -0.05) is 49.4 Å². The van der Waals surface area contributed by atoms with Crippen LogP contribution in [-0.4, -0.2) is 12.1 Å². The van der Waals surface area contributed by atoms with Crippen molar-refractivity contribution in [3.63, 3.8) is 0 Å². The molecule has 0 heterocycles. The van der Waals surface area contributed by atoms with Crippen LogP contribution in [0.5, 0.6) is 5.75 Å². The third-order valence-corrected chi connectivity index (χ3v) is 3.57. The largest absolute Gasteiger partial charge is 0.489 e. The van der Waals surface area contributed by atoms with Gasteiger partial charge in [-0.15, -0.1) is 0 Å². The number of ether oxygens (including phenoxy) is 1. The molecule has 20 heavy (non-hydrogen) atoms. The SMILES string of the molecule is CCC(N)C(C)Oc1ccc(Cc2ccccc2)cc1. The molecule has 2 aromatic carbocycles. The van der Waals surface area contributed by atoms with Crippen LogP contribution in [-0.2, 0) is 6.42 Å². The molecule has 0 aliphatic rings. The van der Waals surface area contributed by atoms with Crippen LogP contribution in [0.2, 0.25) is 0 Å². The quantitative estimate of drug-likeness (QED) is 0.866. The lowest BCUT2D eigenvalue weighted by atomic mass is 10.1. The fourth-order valence-corrected chi connectivity index (χ4v) is 2.15. The number of rotatable bonds is 6. The standard InChI is InChI=1S/C18H23NO/c1-3-18(19)14(2)20-17-11-9-16(10-12-17)13-15-7-5-4-6-8-15/h4-12,14,18H,3,13,19H2,1-2H3. The summed E-state index contributed by atoms with van der Waals surface area (Å²) in [6, 6.07) is 18.8. The van der Waals surface area contributed by atoms with Crippen molar-refractivity contribution in [2.24, 2.45) is 5.73 Å². The summed E-state index contributed by atoms with van der Waals surface area (Å²) in [4.78, 5) is 0. The molecule has 2 nitrogen and oxygen atoms in total. The first-order chi connectivity index (χ1) is 9.69. The van der Waals surface area contributed by atoms with E-state index in [0.29, 0.717) is 0 Å². The normalized spacial score (nSPS) is 13.8. The van der Waals surface area contributed by atoms with Crippen LogP contribution in [0.4, 0.5) is 0 Å². The van der Waals surface area contributed by atoms with E-state index < -0.39 is 0 Å². The van der Waals surface area contributed by atoms with Crippen molar-refractivity contribution in [3.05, 3.63) is 65.7 Å². The molecule has 0 radical (unpaired) electrons. The third kappa shape index (κ3) is 4.10. The maximum atomic E-state index is 5.97. The van der Waals surface area contributed by atoms with Gasteiger partial charge in [0.15, 0.2) is 0 Å². The average Bonchev–Trinajstić information content (AvgIpc) is 2.49. The fourth-order valence-electron chi connectivity index (χ4n) is 2.15. The van der Waals surface area contributed by atoms with E-state index in [9.17, 15) is 0 Å². The monoisotopic (exact) mass is 269 g/mol. The van der Waals surface area contributed by atoms with Gasteiger partial charge in [0, 0.05) is 6.04 Å². The fraction of sp³-hybridized carbons (Fsp3) is 0.333. The molecule has 0 aromatic heterocycles. The van der Waals surface area contributed by atoms with Crippen molar-refractivity contribution >= 4 is 0 Å². The summed E-state index contributed by atoms with van der Waals surface area (Å²) >= 11 is 0. The summed E-state index contributed by atoms with van der Waals surface area (Å²) in [7, 11) is 0. The molecule has 0 amide bonds. The molecule has 0 saturated carbocycles. The lowest BCUT2D eigenvalue weighted by Gasteiger charge is -2.20. The van der Waals surface area contributed by atoms with E-state index in [2.05, 4.69) is 43.3 Å². The average molecular weight is 269 g/mol. The Hall–Kier alpha value is -1.80. The molecular formula is C18H23NO. The summed E-state index contributed by atoms with van der Waals surface area (Å²) in [5.41, 5.74) is 8.58. The second kappa shape index (κ2) is 7.11. The van der Waals surface area contributed by atoms with Gasteiger partial charge in [0.05, 0.1) is 0 Å². The van der Waals surface area contributed by atoms with Gasteiger partial charge in [-0.3, -0.25) is 0 Å². The highest BCUT2D eigenvalue weighted by molar-refractivity contribution is 5.31. The van der Waals surface area contributed by atoms with Gasteiger partial charge in [0.25, 0.3) is 0 Å². The van der Waals surface area contributed by atoms with Crippen LogP contribution in [0.15, 0.2) is 54.6 Å². The molecule has 2 N–H and O–H groups in total. The second-order valence-electron chi connectivity index (χ2n) is 5.20. The van der Waals surface area contributed by atoms with E-state index in [1.165, 1.54) is 11.1 Å². The first-order valence-electron chi connectivity index (χ1n) is 7.24. The highest BCUT2D eigenvalue weighted by atomic mass is 16.5. The maximum Gasteiger partial charge on any atom is 0.119 e. The van der Waals surface area contributed by atoms with Gasteiger partial charge in [-0.2, -0.15) is 0 Å². The van der Waals surface area contributed by atoms with Crippen LogP contribution in [0, 0.1) is 0 Å². The van der Waals surface area contributed by atoms with Gasteiger partial charge < -0.3 is 10.5 Å². The summed E-state index contributed by atoms with van der Waals surface area (Å²) in [6.45, 7) is 4.10. The minimum atomic E-state index is 0.0416. The molecule has 0 aliphatic carbocycles. The van der Waals surface area contributed by atoms with Crippen molar-refractivity contribution < 1.29 is 4.74 Å². The Kier molecular flexibility index (Phi) is 5.19. The lowest BCUT2D eigenvalue weighted by Crippen LogP contribution is -2.35. The number of nitrogens with two attached hydrogens (primary N) is 1. The highest BCUT2D eigenvalue weighted by Crippen LogP contribution is 2.17. The minimum Gasteiger partial charge on any atom is -0.489 e. The zero-order valence-electron chi connectivity index (χ0n) is 12.3. The molecule has 2 unspecified atom stereocenters. The van der Waals surface area contributed by atoms with Gasteiger partial charge in [-0.25, -0.2) is 0 Å². The van der Waals surface area contributed by atoms with Crippen LogP contribution in [0.1, 0.15) is 31.4 Å². The highest BCUT2D eigenvalue weighted by Gasteiger charge is 2.11. The topological polar surface area (TPSA) is 35.2 Å². The molecule has 106 valence electrons. The molecule has 2 aromatic rings. The van der Waals surface area contributed by atoms with Gasteiger partial charge >= 0.3 is 0 Å². The predicted octanol–water partition coefficient (Wildman–Crippen LogP) is 3.78. The first kappa shape index (κ1) is 14.6. The van der Waals surface area contributed by atoms with Gasteiger partial charge in [0.1, 0.15) is 11.9 Å².